The first kappa shape index (κ1) is 19.7. The minimum absolute atomic E-state index is 0.243. The van der Waals surface area contributed by atoms with Crippen LogP contribution in [0, 0.1) is 0 Å². The van der Waals surface area contributed by atoms with Crippen molar-refractivity contribution in [2.45, 2.75) is 6.92 Å². The van der Waals surface area contributed by atoms with Gasteiger partial charge in [-0.05, 0) is 53.2 Å². The highest BCUT2D eigenvalue weighted by Crippen LogP contribution is 2.29. The molecule has 26 heavy (non-hydrogen) atoms. The fraction of sp³-hybridized carbons (Fsp3) is 0.278. The van der Waals surface area contributed by atoms with Crippen LogP contribution in [-0.4, -0.2) is 44.2 Å². The fourth-order valence-electron chi connectivity index (χ4n) is 2.21. The van der Waals surface area contributed by atoms with Crippen LogP contribution in [0.5, 0.6) is 11.5 Å². The minimum atomic E-state index is -0.530. The number of hydrogen-bond donors (Lipinski definition) is 0. The minimum Gasteiger partial charge on any atom is -0.493 e. The molecule has 1 heterocycles. The quantitative estimate of drug-likeness (QED) is 0.638. The Bertz CT molecular complexity index is 780. The molecule has 0 aliphatic heterocycles. The Morgan fingerprint density at radius 2 is 1.92 bits per heavy atom. The highest BCUT2D eigenvalue weighted by molar-refractivity contribution is 9.10. The maximum atomic E-state index is 12.9. The standard InChI is InChI=1S/C18H19BrN2O5/c1-4-21(16-8-6-13(19)10-20-16)18(23)12-5-7-14(24-2)15(9-12)26-11-17(22)25-3/h5-10H,4,11H2,1-3H3. The number of amides is 1. The Kier molecular flexibility index (Phi) is 6.97. The van der Waals surface area contributed by atoms with E-state index in [0.29, 0.717) is 23.7 Å². The molecule has 0 aliphatic carbocycles. The summed E-state index contributed by atoms with van der Waals surface area (Å²) in [5.74, 6) is 0.457. The van der Waals surface area contributed by atoms with Crippen molar-refractivity contribution in [3.63, 3.8) is 0 Å². The van der Waals surface area contributed by atoms with Gasteiger partial charge in [-0.25, -0.2) is 9.78 Å². The van der Waals surface area contributed by atoms with Crippen molar-refractivity contribution in [2.24, 2.45) is 0 Å². The number of nitrogens with zero attached hydrogens (tertiary/aromatic N) is 2. The average molecular weight is 423 g/mol. The van der Waals surface area contributed by atoms with Crippen molar-refractivity contribution >= 4 is 33.6 Å². The molecule has 1 aromatic carbocycles. The molecule has 2 rings (SSSR count). The second kappa shape index (κ2) is 9.19. The first-order valence-electron chi connectivity index (χ1n) is 7.81. The summed E-state index contributed by atoms with van der Waals surface area (Å²) in [4.78, 5) is 30.0. The third kappa shape index (κ3) is 4.72. The van der Waals surface area contributed by atoms with Gasteiger partial charge in [-0.1, -0.05) is 0 Å². The van der Waals surface area contributed by atoms with Crippen molar-refractivity contribution in [2.75, 3.05) is 32.3 Å². The fourth-order valence-corrected chi connectivity index (χ4v) is 2.45. The summed E-state index contributed by atoms with van der Waals surface area (Å²) < 4.78 is 16.0. The van der Waals surface area contributed by atoms with Crippen LogP contribution in [0.4, 0.5) is 5.82 Å². The first-order valence-corrected chi connectivity index (χ1v) is 8.60. The van der Waals surface area contributed by atoms with Crippen molar-refractivity contribution in [1.82, 2.24) is 4.98 Å². The monoisotopic (exact) mass is 422 g/mol. The van der Waals surface area contributed by atoms with Gasteiger partial charge in [0.15, 0.2) is 18.1 Å². The van der Waals surface area contributed by atoms with Gasteiger partial charge in [-0.3, -0.25) is 9.69 Å². The molecule has 0 N–H and O–H groups in total. The topological polar surface area (TPSA) is 78.0 Å². The number of pyridine rings is 1. The van der Waals surface area contributed by atoms with Gasteiger partial charge >= 0.3 is 5.97 Å². The number of aromatic nitrogens is 1. The molecule has 138 valence electrons. The van der Waals surface area contributed by atoms with Crippen LogP contribution in [-0.2, 0) is 9.53 Å². The molecule has 2 aromatic rings. The number of hydrogen-bond acceptors (Lipinski definition) is 6. The molecular weight excluding hydrogens is 404 g/mol. The number of benzene rings is 1. The van der Waals surface area contributed by atoms with Gasteiger partial charge in [0.25, 0.3) is 5.91 Å². The van der Waals surface area contributed by atoms with E-state index in [-0.39, 0.29) is 18.3 Å². The number of ether oxygens (including phenoxy) is 3. The largest absolute Gasteiger partial charge is 0.493 e. The molecule has 1 aromatic heterocycles. The average Bonchev–Trinajstić information content (AvgIpc) is 2.67. The number of esters is 1. The van der Waals surface area contributed by atoms with Crippen LogP contribution in [0.3, 0.4) is 0 Å². The third-order valence-corrected chi connectivity index (χ3v) is 4.00. The molecular formula is C18H19BrN2O5. The van der Waals surface area contributed by atoms with Crippen LogP contribution in [0.25, 0.3) is 0 Å². The number of anilines is 1. The second-order valence-corrected chi connectivity index (χ2v) is 6.03. The summed E-state index contributed by atoms with van der Waals surface area (Å²) in [6.45, 7) is 2.02. The lowest BCUT2D eigenvalue weighted by Crippen LogP contribution is -2.31. The van der Waals surface area contributed by atoms with E-state index >= 15 is 0 Å². The Labute approximate surface area is 160 Å². The highest BCUT2D eigenvalue weighted by Gasteiger charge is 2.19. The van der Waals surface area contributed by atoms with Gasteiger partial charge < -0.3 is 14.2 Å². The highest BCUT2D eigenvalue weighted by atomic mass is 79.9. The number of carbonyl (C=O) groups excluding carboxylic acids is 2. The van der Waals surface area contributed by atoms with E-state index < -0.39 is 5.97 Å². The van der Waals surface area contributed by atoms with Crippen molar-refractivity contribution in [3.8, 4) is 11.5 Å². The molecule has 0 atom stereocenters. The molecule has 0 fully saturated rings. The summed E-state index contributed by atoms with van der Waals surface area (Å²) in [5.41, 5.74) is 0.386. The van der Waals surface area contributed by atoms with Crippen molar-refractivity contribution < 1.29 is 23.8 Å². The van der Waals surface area contributed by atoms with Crippen LogP contribution in [0.15, 0.2) is 41.0 Å². The van der Waals surface area contributed by atoms with Gasteiger partial charge in [0.2, 0.25) is 0 Å². The second-order valence-electron chi connectivity index (χ2n) is 5.11. The number of halogens is 1. The lowest BCUT2D eigenvalue weighted by molar-refractivity contribution is -0.142. The van der Waals surface area contributed by atoms with E-state index in [4.69, 9.17) is 9.47 Å². The summed E-state index contributed by atoms with van der Waals surface area (Å²) in [6.07, 6.45) is 1.63. The predicted octanol–water partition coefficient (Wildman–Crippen LogP) is 3.07. The van der Waals surface area contributed by atoms with E-state index in [2.05, 4.69) is 25.7 Å². The molecule has 8 heteroatoms. The van der Waals surface area contributed by atoms with E-state index in [1.165, 1.54) is 20.3 Å². The van der Waals surface area contributed by atoms with Crippen LogP contribution in [0.1, 0.15) is 17.3 Å². The lowest BCUT2D eigenvalue weighted by atomic mass is 10.1. The third-order valence-electron chi connectivity index (χ3n) is 3.53. The number of methoxy groups -OCH3 is 2. The maximum Gasteiger partial charge on any atom is 0.343 e. The molecule has 0 aliphatic rings. The van der Waals surface area contributed by atoms with Gasteiger partial charge in [-0.15, -0.1) is 0 Å². The van der Waals surface area contributed by atoms with E-state index in [1.54, 1.807) is 29.3 Å². The Balaban J connectivity index is 2.29. The zero-order valence-corrected chi connectivity index (χ0v) is 16.3. The molecule has 0 radical (unpaired) electrons. The summed E-state index contributed by atoms with van der Waals surface area (Å²) in [6, 6.07) is 8.35. The number of carbonyl (C=O) groups is 2. The van der Waals surface area contributed by atoms with E-state index in [0.717, 1.165) is 4.47 Å². The molecule has 0 saturated heterocycles. The Morgan fingerprint density at radius 1 is 1.15 bits per heavy atom. The molecule has 0 unspecified atom stereocenters. The van der Waals surface area contributed by atoms with E-state index in [9.17, 15) is 9.59 Å². The Hall–Kier alpha value is -2.61. The smallest absolute Gasteiger partial charge is 0.343 e. The normalized spacial score (nSPS) is 10.2. The molecule has 7 nitrogen and oxygen atoms in total. The maximum absolute atomic E-state index is 12.9. The zero-order chi connectivity index (χ0) is 19.1. The molecule has 0 spiro atoms. The lowest BCUT2D eigenvalue weighted by Gasteiger charge is -2.20. The van der Waals surface area contributed by atoms with Gasteiger partial charge in [0, 0.05) is 22.8 Å². The predicted molar refractivity (Wildman–Crippen MR) is 99.8 cm³/mol. The van der Waals surface area contributed by atoms with E-state index in [1.807, 2.05) is 13.0 Å². The van der Waals surface area contributed by atoms with Crippen LogP contribution >= 0.6 is 15.9 Å². The van der Waals surface area contributed by atoms with Crippen LogP contribution in [0.2, 0.25) is 0 Å². The first-order chi connectivity index (χ1) is 12.5. The summed E-state index contributed by atoms with van der Waals surface area (Å²) >= 11 is 3.32. The number of rotatable bonds is 7. The zero-order valence-electron chi connectivity index (χ0n) is 14.7. The summed E-state index contributed by atoms with van der Waals surface area (Å²) in [7, 11) is 2.75. The molecule has 1 amide bonds. The van der Waals surface area contributed by atoms with Crippen molar-refractivity contribution in [3.05, 3.63) is 46.6 Å². The summed E-state index contributed by atoms with van der Waals surface area (Å²) in [5, 5.41) is 0. The molecule has 0 bridgehead atoms. The Morgan fingerprint density at radius 3 is 2.50 bits per heavy atom. The van der Waals surface area contributed by atoms with Crippen LogP contribution < -0.4 is 14.4 Å². The van der Waals surface area contributed by atoms with Crippen molar-refractivity contribution in [1.29, 1.82) is 0 Å². The molecule has 0 saturated carbocycles. The van der Waals surface area contributed by atoms with Gasteiger partial charge in [0.1, 0.15) is 5.82 Å². The SMILES string of the molecule is CCN(C(=O)c1ccc(OC)c(OCC(=O)OC)c1)c1ccc(Br)cn1. The van der Waals surface area contributed by atoms with Gasteiger partial charge in [0.05, 0.1) is 14.2 Å². The van der Waals surface area contributed by atoms with Gasteiger partial charge in [-0.2, -0.15) is 0 Å².